The predicted octanol–water partition coefficient (Wildman–Crippen LogP) is 2.72. The summed E-state index contributed by atoms with van der Waals surface area (Å²) in [6.45, 7) is 2.63. The number of aliphatic hydroxyl groups is 1. The predicted molar refractivity (Wildman–Crippen MR) is 110 cm³/mol. The highest BCUT2D eigenvalue weighted by molar-refractivity contribution is 5.85. The SMILES string of the molecule is COCCC1CC2(O)C3Cc4ccc(OC)cc4C2(CCN3CC2CC2)CC1=O. The zero-order chi connectivity index (χ0) is 20.2. The lowest BCUT2D eigenvalue weighted by molar-refractivity contribution is -0.182. The summed E-state index contributed by atoms with van der Waals surface area (Å²) in [4.78, 5) is 15.8. The van der Waals surface area contributed by atoms with Gasteiger partial charge in [-0.05, 0) is 74.2 Å². The van der Waals surface area contributed by atoms with Crippen molar-refractivity contribution in [1.29, 1.82) is 0 Å². The average Bonchev–Trinajstić information content (AvgIpc) is 3.53. The maximum atomic E-state index is 13.2. The van der Waals surface area contributed by atoms with E-state index < -0.39 is 11.0 Å². The second kappa shape index (κ2) is 7.07. The lowest BCUT2D eigenvalue weighted by atomic mass is 9.47. The van der Waals surface area contributed by atoms with Crippen molar-refractivity contribution in [2.75, 3.05) is 33.9 Å². The number of rotatable bonds is 6. The molecular formula is C24H33NO4. The molecule has 0 aromatic heterocycles. The molecule has 2 saturated carbocycles. The Morgan fingerprint density at radius 1 is 1.28 bits per heavy atom. The molecule has 5 rings (SSSR count). The highest BCUT2D eigenvalue weighted by atomic mass is 16.5. The molecular weight excluding hydrogens is 366 g/mol. The third-order valence-electron chi connectivity index (χ3n) is 8.24. The minimum Gasteiger partial charge on any atom is -0.497 e. The van der Waals surface area contributed by atoms with Crippen molar-refractivity contribution in [3.05, 3.63) is 29.3 Å². The molecule has 1 aromatic carbocycles. The van der Waals surface area contributed by atoms with Crippen molar-refractivity contribution in [2.45, 2.75) is 62.0 Å². The normalized spacial score (nSPS) is 36.4. The molecule has 0 radical (unpaired) electrons. The van der Waals surface area contributed by atoms with Gasteiger partial charge in [0, 0.05) is 44.1 Å². The third-order valence-corrected chi connectivity index (χ3v) is 8.24. The lowest BCUT2D eigenvalue weighted by Crippen LogP contribution is -2.74. The summed E-state index contributed by atoms with van der Waals surface area (Å²) in [5.41, 5.74) is 1.08. The van der Waals surface area contributed by atoms with Gasteiger partial charge in [-0.25, -0.2) is 0 Å². The van der Waals surface area contributed by atoms with Crippen molar-refractivity contribution in [1.82, 2.24) is 4.90 Å². The van der Waals surface area contributed by atoms with Crippen molar-refractivity contribution in [2.24, 2.45) is 11.8 Å². The van der Waals surface area contributed by atoms with Crippen LogP contribution in [0.5, 0.6) is 5.75 Å². The Hall–Kier alpha value is -1.43. The molecule has 5 nitrogen and oxygen atoms in total. The molecule has 1 saturated heterocycles. The van der Waals surface area contributed by atoms with E-state index in [0.717, 1.165) is 43.2 Å². The molecule has 158 valence electrons. The fraction of sp³-hybridized carbons (Fsp3) is 0.708. The van der Waals surface area contributed by atoms with Gasteiger partial charge in [0.1, 0.15) is 11.5 Å². The minimum atomic E-state index is -0.869. The number of hydrogen-bond acceptors (Lipinski definition) is 5. The monoisotopic (exact) mass is 399 g/mol. The molecule has 1 aliphatic heterocycles. The van der Waals surface area contributed by atoms with Crippen LogP contribution in [-0.4, -0.2) is 61.3 Å². The minimum absolute atomic E-state index is 0.0934. The number of ketones is 1. The van der Waals surface area contributed by atoms with E-state index >= 15 is 0 Å². The quantitative estimate of drug-likeness (QED) is 0.797. The molecule has 4 aliphatic rings. The zero-order valence-electron chi connectivity index (χ0n) is 17.7. The van der Waals surface area contributed by atoms with E-state index in [1.54, 1.807) is 14.2 Å². The van der Waals surface area contributed by atoms with E-state index in [9.17, 15) is 9.90 Å². The standard InChI is InChI=1S/C24H33NO4/c1-28-10-7-18-13-24(27)22-11-17-5-6-19(29-2)12-20(17)23(24,14-21(18)26)8-9-25(22)15-16-3-4-16/h5-6,12,16,18,22,27H,3-4,7-11,13-15H2,1-2H3. The number of Topliss-reactive ketones (excluding diaryl/α,β-unsaturated/α-hetero) is 1. The van der Waals surface area contributed by atoms with Crippen LogP contribution in [-0.2, 0) is 21.4 Å². The number of methoxy groups -OCH3 is 2. The van der Waals surface area contributed by atoms with Crippen LogP contribution in [0.15, 0.2) is 18.2 Å². The molecule has 3 aliphatic carbocycles. The van der Waals surface area contributed by atoms with Gasteiger partial charge < -0.3 is 14.6 Å². The van der Waals surface area contributed by atoms with Crippen LogP contribution < -0.4 is 4.74 Å². The van der Waals surface area contributed by atoms with Gasteiger partial charge in [0.2, 0.25) is 0 Å². The molecule has 5 heteroatoms. The van der Waals surface area contributed by atoms with Crippen molar-refractivity contribution >= 4 is 5.78 Å². The Balaban J connectivity index is 1.59. The van der Waals surface area contributed by atoms with Crippen LogP contribution in [0.2, 0.25) is 0 Å². The Bertz CT molecular complexity index is 806. The molecule has 1 heterocycles. The number of nitrogens with zero attached hydrogens (tertiary/aromatic N) is 1. The molecule has 2 bridgehead atoms. The third kappa shape index (κ3) is 2.96. The molecule has 4 atom stereocenters. The highest BCUT2D eigenvalue weighted by Crippen LogP contribution is 2.59. The van der Waals surface area contributed by atoms with Gasteiger partial charge in [-0.1, -0.05) is 6.07 Å². The second-order valence-corrected chi connectivity index (χ2v) is 9.76. The summed E-state index contributed by atoms with van der Waals surface area (Å²) in [5, 5.41) is 12.4. The molecule has 29 heavy (non-hydrogen) atoms. The molecule has 0 amide bonds. The van der Waals surface area contributed by atoms with Gasteiger partial charge in [-0.2, -0.15) is 0 Å². The van der Waals surface area contributed by atoms with Crippen LogP contribution >= 0.6 is 0 Å². The Morgan fingerprint density at radius 3 is 2.83 bits per heavy atom. The van der Waals surface area contributed by atoms with Crippen LogP contribution in [0.25, 0.3) is 0 Å². The number of piperidine rings is 1. The van der Waals surface area contributed by atoms with E-state index in [2.05, 4.69) is 17.0 Å². The first-order valence-corrected chi connectivity index (χ1v) is 11.2. The van der Waals surface area contributed by atoms with Gasteiger partial charge in [0.25, 0.3) is 0 Å². The number of hydrogen-bond donors (Lipinski definition) is 1. The van der Waals surface area contributed by atoms with E-state index in [1.165, 1.54) is 18.4 Å². The second-order valence-electron chi connectivity index (χ2n) is 9.76. The first kappa shape index (κ1) is 19.5. The summed E-state index contributed by atoms with van der Waals surface area (Å²) in [5.74, 6) is 1.78. The molecule has 1 aromatic rings. The van der Waals surface area contributed by atoms with E-state index in [-0.39, 0.29) is 17.7 Å². The van der Waals surface area contributed by atoms with Crippen LogP contribution in [0.1, 0.15) is 49.7 Å². The van der Waals surface area contributed by atoms with Crippen LogP contribution in [0.4, 0.5) is 0 Å². The first-order valence-electron chi connectivity index (χ1n) is 11.2. The fourth-order valence-electron chi connectivity index (χ4n) is 6.48. The van der Waals surface area contributed by atoms with Crippen LogP contribution in [0.3, 0.4) is 0 Å². The smallest absolute Gasteiger partial charge is 0.137 e. The van der Waals surface area contributed by atoms with Crippen molar-refractivity contribution < 1.29 is 19.4 Å². The number of ether oxygens (including phenoxy) is 2. The Kier molecular flexibility index (Phi) is 4.76. The maximum absolute atomic E-state index is 13.2. The summed E-state index contributed by atoms with van der Waals surface area (Å²) in [7, 11) is 3.36. The molecule has 4 unspecified atom stereocenters. The van der Waals surface area contributed by atoms with Crippen LogP contribution in [0, 0.1) is 11.8 Å². The molecule has 3 fully saturated rings. The van der Waals surface area contributed by atoms with E-state index in [0.29, 0.717) is 25.9 Å². The Labute approximate surface area is 173 Å². The summed E-state index contributed by atoms with van der Waals surface area (Å²) in [6.07, 6.45) is 6.02. The average molecular weight is 400 g/mol. The Morgan fingerprint density at radius 2 is 2.10 bits per heavy atom. The van der Waals surface area contributed by atoms with Gasteiger partial charge in [-0.3, -0.25) is 9.69 Å². The summed E-state index contributed by atoms with van der Waals surface area (Å²) >= 11 is 0. The topological polar surface area (TPSA) is 59.0 Å². The van der Waals surface area contributed by atoms with Gasteiger partial charge in [-0.15, -0.1) is 0 Å². The summed E-state index contributed by atoms with van der Waals surface area (Å²) < 4.78 is 10.8. The van der Waals surface area contributed by atoms with Crippen molar-refractivity contribution in [3.63, 3.8) is 0 Å². The zero-order valence-corrected chi connectivity index (χ0v) is 17.7. The van der Waals surface area contributed by atoms with E-state index in [1.807, 2.05) is 6.07 Å². The van der Waals surface area contributed by atoms with Crippen molar-refractivity contribution in [3.8, 4) is 5.75 Å². The van der Waals surface area contributed by atoms with E-state index in [4.69, 9.17) is 9.47 Å². The maximum Gasteiger partial charge on any atom is 0.137 e. The number of carbonyl (C=O) groups is 1. The highest BCUT2D eigenvalue weighted by Gasteiger charge is 2.66. The molecule has 1 N–H and O–H groups in total. The summed E-state index contributed by atoms with van der Waals surface area (Å²) in [6, 6.07) is 6.36. The van der Waals surface area contributed by atoms with Gasteiger partial charge in [0.15, 0.2) is 0 Å². The molecule has 0 spiro atoms. The number of carbonyl (C=O) groups excluding carboxylic acids is 1. The number of fused-ring (bicyclic) bond motifs is 1. The first-order chi connectivity index (χ1) is 14.0. The van der Waals surface area contributed by atoms with Gasteiger partial charge >= 0.3 is 0 Å². The number of likely N-dealkylation sites (tertiary alicyclic amines) is 1. The lowest BCUT2D eigenvalue weighted by Gasteiger charge is -2.64. The fourth-order valence-corrected chi connectivity index (χ4v) is 6.48. The number of benzene rings is 1. The largest absolute Gasteiger partial charge is 0.497 e. The van der Waals surface area contributed by atoms with Gasteiger partial charge in [0.05, 0.1) is 12.7 Å².